The van der Waals surface area contributed by atoms with E-state index in [1.165, 1.54) is 18.2 Å². The van der Waals surface area contributed by atoms with Crippen molar-refractivity contribution in [1.29, 1.82) is 0 Å². The van der Waals surface area contributed by atoms with E-state index in [1.54, 1.807) is 18.7 Å². The summed E-state index contributed by atoms with van der Waals surface area (Å²) in [6.45, 7) is 2.70. The first-order valence-electron chi connectivity index (χ1n) is 6.51. The third-order valence-corrected chi connectivity index (χ3v) is 6.82. The highest BCUT2D eigenvalue weighted by Gasteiger charge is 2.32. The quantitative estimate of drug-likeness (QED) is 0.857. The first kappa shape index (κ1) is 15.6. The van der Waals surface area contributed by atoms with Crippen LogP contribution in [0.5, 0.6) is 0 Å². The van der Waals surface area contributed by atoms with Crippen molar-refractivity contribution in [2.45, 2.75) is 18.8 Å². The molecule has 0 amide bonds. The molecule has 0 radical (unpaired) electrons. The molecule has 1 aliphatic heterocycles. The number of sulfone groups is 1. The van der Waals surface area contributed by atoms with Gasteiger partial charge in [-0.25, -0.2) is 12.8 Å². The van der Waals surface area contributed by atoms with Gasteiger partial charge in [0.2, 0.25) is 0 Å². The smallest absolute Gasteiger partial charge is 0.166 e. The molecule has 1 unspecified atom stereocenters. The SMILES string of the molecule is CCS(=O)(=O)C1CSCCN1Cc1cc(F)ccc1N. The van der Waals surface area contributed by atoms with Crippen LogP contribution in [0.15, 0.2) is 18.2 Å². The minimum atomic E-state index is -3.14. The van der Waals surface area contributed by atoms with E-state index in [0.29, 0.717) is 30.1 Å². The zero-order valence-corrected chi connectivity index (χ0v) is 13.0. The van der Waals surface area contributed by atoms with Crippen molar-refractivity contribution in [3.8, 4) is 0 Å². The van der Waals surface area contributed by atoms with Gasteiger partial charge in [0, 0.05) is 36.0 Å². The van der Waals surface area contributed by atoms with Crippen molar-refractivity contribution in [2.24, 2.45) is 0 Å². The van der Waals surface area contributed by atoms with Gasteiger partial charge in [-0.3, -0.25) is 4.90 Å². The number of nitrogens with two attached hydrogens (primary N) is 1. The molecule has 0 aliphatic carbocycles. The molecule has 1 fully saturated rings. The normalized spacial score (nSPS) is 21.0. The van der Waals surface area contributed by atoms with E-state index < -0.39 is 15.2 Å². The van der Waals surface area contributed by atoms with Gasteiger partial charge in [0.1, 0.15) is 11.2 Å². The van der Waals surface area contributed by atoms with Gasteiger partial charge in [-0.1, -0.05) is 6.92 Å². The topological polar surface area (TPSA) is 63.4 Å². The lowest BCUT2D eigenvalue weighted by Crippen LogP contribution is -2.47. The van der Waals surface area contributed by atoms with Crippen LogP contribution in [-0.4, -0.2) is 42.5 Å². The van der Waals surface area contributed by atoms with Crippen LogP contribution >= 0.6 is 11.8 Å². The standard InChI is InChI=1S/C13H19FN2O2S2/c1-2-20(17,18)13-9-19-6-5-16(13)8-10-7-11(14)3-4-12(10)15/h3-4,7,13H,2,5-6,8-9,15H2,1H3. The van der Waals surface area contributed by atoms with Gasteiger partial charge in [0.05, 0.1) is 0 Å². The highest BCUT2D eigenvalue weighted by atomic mass is 32.2. The second-order valence-electron chi connectivity index (χ2n) is 4.79. The van der Waals surface area contributed by atoms with Crippen molar-refractivity contribution in [2.75, 3.05) is 29.5 Å². The summed E-state index contributed by atoms with van der Waals surface area (Å²) in [5.41, 5.74) is 6.99. The summed E-state index contributed by atoms with van der Waals surface area (Å²) in [6, 6.07) is 4.21. The van der Waals surface area contributed by atoms with Crippen LogP contribution < -0.4 is 5.73 Å². The molecule has 0 aromatic heterocycles. The Morgan fingerprint density at radius 2 is 2.25 bits per heavy atom. The van der Waals surface area contributed by atoms with Crippen LogP contribution in [-0.2, 0) is 16.4 Å². The van der Waals surface area contributed by atoms with Crippen molar-refractivity contribution in [1.82, 2.24) is 4.90 Å². The molecule has 4 nitrogen and oxygen atoms in total. The maximum atomic E-state index is 13.3. The van der Waals surface area contributed by atoms with Crippen LogP contribution in [0.1, 0.15) is 12.5 Å². The lowest BCUT2D eigenvalue weighted by atomic mass is 10.1. The first-order chi connectivity index (χ1) is 9.44. The first-order valence-corrected chi connectivity index (χ1v) is 9.38. The van der Waals surface area contributed by atoms with Crippen molar-refractivity contribution >= 4 is 27.3 Å². The lowest BCUT2D eigenvalue weighted by Gasteiger charge is -2.34. The zero-order chi connectivity index (χ0) is 14.8. The van der Waals surface area contributed by atoms with Gasteiger partial charge < -0.3 is 5.73 Å². The molecule has 1 aliphatic rings. The van der Waals surface area contributed by atoms with Crippen molar-refractivity contribution in [3.63, 3.8) is 0 Å². The average Bonchev–Trinajstić information content (AvgIpc) is 2.43. The van der Waals surface area contributed by atoms with E-state index in [-0.39, 0.29) is 11.6 Å². The van der Waals surface area contributed by atoms with E-state index in [4.69, 9.17) is 5.73 Å². The van der Waals surface area contributed by atoms with Gasteiger partial charge in [-0.05, 0) is 23.8 Å². The van der Waals surface area contributed by atoms with Crippen LogP contribution in [0.25, 0.3) is 0 Å². The van der Waals surface area contributed by atoms with Crippen molar-refractivity contribution < 1.29 is 12.8 Å². The fraction of sp³-hybridized carbons (Fsp3) is 0.538. The van der Waals surface area contributed by atoms with E-state index in [1.807, 2.05) is 4.90 Å². The minimum absolute atomic E-state index is 0.118. The molecule has 1 heterocycles. The predicted octanol–water partition coefficient (Wildman–Crippen LogP) is 1.72. The molecule has 7 heteroatoms. The fourth-order valence-corrected chi connectivity index (χ4v) is 5.33. The molecule has 2 N–H and O–H groups in total. The molecule has 0 saturated carbocycles. The molecule has 2 rings (SSSR count). The van der Waals surface area contributed by atoms with E-state index in [9.17, 15) is 12.8 Å². The number of nitrogens with zero attached hydrogens (tertiary/aromatic N) is 1. The van der Waals surface area contributed by atoms with Crippen molar-refractivity contribution in [3.05, 3.63) is 29.6 Å². The number of halogens is 1. The lowest BCUT2D eigenvalue weighted by molar-refractivity contribution is 0.262. The van der Waals surface area contributed by atoms with Gasteiger partial charge in [0.25, 0.3) is 0 Å². The third kappa shape index (κ3) is 3.45. The summed E-state index contributed by atoms with van der Waals surface area (Å²) in [4.78, 5) is 1.89. The molecular formula is C13H19FN2O2S2. The van der Waals surface area contributed by atoms with E-state index >= 15 is 0 Å². The maximum absolute atomic E-state index is 13.3. The van der Waals surface area contributed by atoms with Crippen LogP contribution in [0.2, 0.25) is 0 Å². The number of hydrogen-bond donors (Lipinski definition) is 1. The highest BCUT2D eigenvalue weighted by molar-refractivity contribution is 8.01. The van der Waals surface area contributed by atoms with Crippen LogP contribution in [0.4, 0.5) is 10.1 Å². The number of hydrogen-bond acceptors (Lipinski definition) is 5. The Morgan fingerprint density at radius 3 is 2.95 bits per heavy atom. The van der Waals surface area contributed by atoms with E-state index in [0.717, 1.165) is 5.75 Å². The highest BCUT2D eigenvalue weighted by Crippen LogP contribution is 2.25. The Balaban J connectivity index is 2.23. The summed E-state index contributed by atoms with van der Waals surface area (Å²) in [5, 5.41) is -0.506. The van der Waals surface area contributed by atoms with Gasteiger partial charge in [-0.2, -0.15) is 11.8 Å². The van der Waals surface area contributed by atoms with Crippen LogP contribution in [0, 0.1) is 5.82 Å². The summed E-state index contributed by atoms with van der Waals surface area (Å²) >= 11 is 1.64. The average molecular weight is 318 g/mol. The largest absolute Gasteiger partial charge is 0.398 e. The molecule has 0 spiro atoms. The molecule has 112 valence electrons. The van der Waals surface area contributed by atoms with Gasteiger partial charge in [-0.15, -0.1) is 0 Å². The molecular weight excluding hydrogens is 299 g/mol. The maximum Gasteiger partial charge on any atom is 0.166 e. The van der Waals surface area contributed by atoms with Gasteiger partial charge >= 0.3 is 0 Å². The summed E-state index contributed by atoms with van der Waals surface area (Å²) in [5.74, 6) is 1.21. The molecule has 20 heavy (non-hydrogen) atoms. The zero-order valence-electron chi connectivity index (χ0n) is 11.4. The van der Waals surface area contributed by atoms with Gasteiger partial charge in [0.15, 0.2) is 9.84 Å². The monoisotopic (exact) mass is 318 g/mol. The van der Waals surface area contributed by atoms with Crippen LogP contribution in [0.3, 0.4) is 0 Å². The Morgan fingerprint density at radius 1 is 1.50 bits per heavy atom. The molecule has 1 aromatic carbocycles. The number of rotatable bonds is 4. The summed E-state index contributed by atoms with van der Waals surface area (Å²) in [6.07, 6.45) is 0. The van der Waals surface area contributed by atoms with E-state index in [2.05, 4.69) is 0 Å². The molecule has 0 bridgehead atoms. The Bertz CT molecular complexity index is 578. The number of anilines is 1. The Hall–Kier alpha value is -0.790. The summed E-state index contributed by atoms with van der Waals surface area (Å²) in [7, 11) is -3.14. The minimum Gasteiger partial charge on any atom is -0.398 e. The third-order valence-electron chi connectivity index (χ3n) is 3.49. The number of thioether (sulfide) groups is 1. The second kappa shape index (κ2) is 6.32. The Kier molecular flexibility index (Phi) is 4.93. The Labute approximate surface area is 123 Å². The molecule has 1 aromatic rings. The second-order valence-corrected chi connectivity index (χ2v) is 8.39. The number of benzene rings is 1. The fourth-order valence-electron chi connectivity index (χ4n) is 2.25. The predicted molar refractivity (Wildman–Crippen MR) is 81.8 cm³/mol. The molecule has 1 atom stereocenters. The number of nitrogen functional groups attached to an aromatic ring is 1. The summed E-state index contributed by atoms with van der Waals surface area (Å²) < 4.78 is 37.6. The molecule has 1 saturated heterocycles.